The van der Waals surface area contributed by atoms with Crippen LogP contribution in [0.4, 0.5) is 11.6 Å². The van der Waals surface area contributed by atoms with Crippen LogP contribution in [0, 0.1) is 6.92 Å². The number of pyridine rings is 1. The minimum Gasteiger partial charge on any atom is -0.326 e. The number of hydrogen-bond donors (Lipinski definition) is 2. The maximum atomic E-state index is 12.7. The molecule has 0 aliphatic rings. The first-order valence-corrected chi connectivity index (χ1v) is 7.99. The van der Waals surface area contributed by atoms with Gasteiger partial charge in [0.2, 0.25) is 5.95 Å². The lowest BCUT2D eigenvalue weighted by Crippen LogP contribution is -2.13. The molecule has 0 spiro atoms. The van der Waals surface area contributed by atoms with Crippen molar-refractivity contribution in [3.05, 3.63) is 82.8 Å². The fourth-order valence-electron chi connectivity index (χ4n) is 2.75. The van der Waals surface area contributed by atoms with Crippen molar-refractivity contribution >= 4 is 22.7 Å². The van der Waals surface area contributed by atoms with Gasteiger partial charge in [0.15, 0.2) is 5.65 Å². The Morgan fingerprint density at radius 2 is 1.72 bits per heavy atom. The Kier molecular flexibility index (Phi) is 3.74. The van der Waals surface area contributed by atoms with Crippen LogP contribution in [0.15, 0.2) is 71.7 Å². The smallest absolute Gasteiger partial charge is 0.262 e. The molecule has 5 heteroatoms. The summed E-state index contributed by atoms with van der Waals surface area (Å²) in [5.74, 6) is 0.374. The molecule has 0 fully saturated rings. The van der Waals surface area contributed by atoms with E-state index < -0.39 is 0 Å². The Hall–Kier alpha value is -3.47. The molecule has 0 radical (unpaired) electrons. The SMILES string of the molecule is Cc1ccc(Nc2nc3nccc(-c4ccccc4)c3c(=O)[nH]2)cc1. The van der Waals surface area contributed by atoms with Crippen LogP contribution in [0.2, 0.25) is 0 Å². The van der Waals surface area contributed by atoms with Crippen molar-refractivity contribution in [1.29, 1.82) is 0 Å². The molecule has 0 aliphatic heterocycles. The van der Waals surface area contributed by atoms with Crippen LogP contribution in [0.3, 0.4) is 0 Å². The normalized spacial score (nSPS) is 10.8. The van der Waals surface area contributed by atoms with Gasteiger partial charge in [0.1, 0.15) is 0 Å². The molecular formula is C20H16N4O. The number of nitrogens with one attached hydrogen (secondary N) is 2. The molecule has 0 saturated heterocycles. The molecular weight excluding hydrogens is 312 g/mol. The summed E-state index contributed by atoms with van der Waals surface area (Å²) in [7, 11) is 0. The van der Waals surface area contributed by atoms with Crippen LogP contribution in [0.5, 0.6) is 0 Å². The maximum absolute atomic E-state index is 12.7. The lowest BCUT2D eigenvalue weighted by molar-refractivity contribution is 1.14. The summed E-state index contributed by atoms with van der Waals surface area (Å²) in [5.41, 5.74) is 4.00. The van der Waals surface area contributed by atoms with Gasteiger partial charge in [-0.15, -0.1) is 0 Å². The zero-order valence-electron chi connectivity index (χ0n) is 13.7. The number of hydrogen-bond acceptors (Lipinski definition) is 4. The third-order valence-electron chi connectivity index (χ3n) is 4.01. The van der Waals surface area contributed by atoms with E-state index in [0.717, 1.165) is 16.8 Å². The summed E-state index contributed by atoms with van der Waals surface area (Å²) in [6.07, 6.45) is 1.67. The molecule has 122 valence electrons. The van der Waals surface area contributed by atoms with E-state index in [0.29, 0.717) is 17.0 Å². The first-order valence-electron chi connectivity index (χ1n) is 7.99. The van der Waals surface area contributed by atoms with Crippen molar-refractivity contribution < 1.29 is 0 Å². The van der Waals surface area contributed by atoms with E-state index in [1.807, 2.05) is 67.6 Å². The van der Waals surface area contributed by atoms with E-state index in [-0.39, 0.29) is 5.56 Å². The third kappa shape index (κ3) is 2.99. The molecule has 2 aromatic carbocycles. The number of benzene rings is 2. The predicted octanol–water partition coefficient (Wildman–Crippen LogP) is 4.04. The molecule has 0 bridgehead atoms. The van der Waals surface area contributed by atoms with E-state index >= 15 is 0 Å². The lowest BCUT2D eigenvalue weighted by Gasteiger charge is -2.08. The summed E-state index contributed by atoms with van der Waals surface area (Å²) in [6, 6.07) is 19.5. The van der Waals surface area contributed by atoms with Gasteiger partial charge in [0.05, 0.1) is 5.39 Å². The zero-order valence-corrected chi connectivity index (χ0v) is 13.7. The number of nitrogens with zero attached hydrogens (tertiary/aromatic N) is 2. The molecule has 4 rings (SSSR count). The highest BCUT2D eigenvalue weighted by Gasteiger charge is 2.11. The number of aryl methyl sites for hydroxylation is 1. The molecule has 0 saturated carbocycles. The first-order chi connectivity index (χ1) is 12.2. The predicted molar refractivity (Wildman–Crippen MR) is 100 cm³/mol. The highest BCUT2D eigenvalue weighted by Crippen LogP contribution is 2.24. The van der Waals surface area contributed by atoms with E-state index in [9.17, 15) is 4.79 Å². The van der Waals surface area contributed by atoms with Gasteiger partial charge in [-0.2, -0.15) is 4.98 Å². The van der Waals surface area contributed by atoms with Crippen molar-refractivity contribution in [1.82, 2.24) is 15.0 Å². The van der Waals surface area contributed by atoms with Gasteiger partial charge in [-0.25, -0.2) is 4.98 Å². The fourth-order valence-corrected chi connectivity index (χ4v) is 2.75. The molecule has 0 unspecified atom stereocenters. The molecule has 0 amide bonds. The molecule has 2 aromatic heterocycles. The molecule has 25 heavy (non-hydrogen) atoms. The molecule has 2 heterocycles. The first kappa shape index (κ1) is 15.1. The van der Waals surface area contributed by atoms with E-state index in [1.54, 1.807) is 6.20 Å². The van der Waals surface area contributed by atoms with Crippen LogP contribution in [0.25, 0.3) is 22.2 Å². The standard InChI is InChI=1S/C20H16N4O/c1-13-7-9-15(10-8-13)22-20-23-18-17(19(25)24-20)16(11-12-21-18)14-5-3-2-4-6-14/h2-12H,1H3,(H2,21,22,23,24,25). The number of aromatic amines is 1. The van der Waals surface area contributed by atoms with Gasteiger partial charge in [0, 0.05) is 11.9 Å². The summed E-state index contributed by atoms with van der Waals surface area (Å²) in [6.45, 7) is 2.02. The van der Waals surface area contributed by atoms with Gasteiger partial charge < -0.3 is 5.32 Å². The highest BCUT2D eigenvalue weighted by atomic mass is 16.1. The fraction of sp³-hybridized carbons (Fsp3) is 0.0500. The van der Waals surface area contributed by atoms with Crippen molar-refractivity contribution in [3.8, 4) is 11.1 Å². The summed E-state index contributed by atoms with van der Waals surface area (Å²) in [5, 5.41) is 3.61. The van der Waals surface area contributed by atoms with Gasteiger partial charge >= 0.3 is 0 Å². The minimum absolute atomic E-state index is 0.216. The summed E-state index contributed by atoms with van der Waals surface area (Å²) in [4.78, 5) is 24.2. The zero-order chi connectivity index (χ0) is 17.2. The molecule has 2 N–H and O–H groups in total. The molecule has 4 aromatic rings. The van der Waals surface area contributed by atoms with Crippen molar-refractivity contribution in [2.75, 3.05) is 5.32 Å². The van der Waals surface area contributed by atoms with Crippen LogP contribution < -0.4 is 10.9 Å². The van der Waals surface area contributed by atoms with Gasteiger partial charge in [-0.1, -0.05) is 48.0 Å². The Balaban J connectivity index is 1.81. The average Bonchev–Trinajstić information content (AvgIpc) is 2.64. The van der Waals surface area contributed by atoms with E-state index in [4.69, 9.17) is 0 Å². The largest absolute Gasteiger partial charge is 0.326 e. The Bertz CT molecular complexity index is 1090. The molecule has 0 atom stereocenters. The number of anilines is 2. The van der Waals surface area contributed by atoms with Crippen LogP contribution in [0.1, 0.15) is 5.56 Å². The van der Waals surface area contributed by atoms with Gasteiger partial charge in [-0.3, -0.25) is 9.78 Å². The second-order valence-electron chi connectivity index (χ2n) is 5.83. The lowest BCUT2D eigenvalue weighted by atomic mass is 10.0. The number of rotatable bonds is 3. The van der Waals surface area contributed by atoms with Crippen molar-refractivity contribution in [2.45, 2.75) is 6.92 Å². The quantitative estimate of drug-likeness (QED) is 0.595. The topological polar surface area (TPSA) is 70.7 Å². The van der Waals surface area contributed by atoms with Crippen LogP contribution in [-0.4, -0.2) is 15.0 Å². The Morgan fingerprint density at radius 1 is 0.960 bits per heavy atom. The maximum Gasteiger partial charge on any atom is 0.262 e. The molecule has 0 aliphatic carbocycles. The van der Waals surface area contributed by atoms with Gasteiger partial charge in [0.25, 0.3) is 5.56 Å². The second kappa shape index (κ2) is 6.20. The van der Waals surface area contributed by atoms with Gasteiger partial charge in [-0.05, 0) is 36.2 Å². The summed E-state index contributed by atoms with van der Waals surface area (Å²) < 4.78 is 0. The van der Waals surface area contributed by atoms with Crippen LogP contribution in [-0.2, 0) is 0 Å². The molecule has 5 nitrogen and oxygen atoms in total. The number of aromatic nitrogens is 3. The van der Waals surface area contributed by atoms with Crippen molar-refractivity contribution in [2.24, 2.45) is 0 Å². The highest BCUT2D eigenvalue weighted by molar-refractivity contribution is 5.92. The van der Waals surface area contributed by atoms with Crippen molar-refractivity contribution in [3.63, 3.8) is 0 Å². The second-order valence-corrected chi connectivity index (χ2v) is 5.83. The van der Waals surface area contributed by atoms with E-state index in [1.165, 1.54) is 5.56 Å². The Labute approximate surface area is 144 Å². The average molecular weight is 328 g/mol. The van der Waals surface area contributed by atoms with Crippen LogP contribution >= 0.6 is 0 Å². The Morgan fingerprint density at radius 3 is 2.48 bits per heavy atom. The minimum atomic E-state index is -0.216. The third-order valence-corrected chi connectivity index (χ3v) is 4.01. The number of fused-ring (bicyclic) bond motifs is 1. The number of H-pyrrole nitrogens is 1. The summed E-state index contributed by atoms with van der Waals surface area (Å²) >= 11 is 0. The monoisotopic (exact) mass is 328 g/mol. The van der Waals surface area contributed by atoms with E-state index in [2.05, 4.69) is 20.3 Å².